The van der Waals surface area contributed by atoms with Gasteiger partial charge in [-0.15, -0.1) is 6.58 Å². The van der Waals surface area contributed by atoms with Gasteiger partial charge in [0.15, 0.2) is 5.78 Å². The van der Waals surface area contributed by atoms with E-state index in [1.165, 1.54) is 18.2 Å². The molecule has 1 N–H and O–H groups in total. The predicted octanol–water partition coefficient (Wildman–Crippen LogP) is 2.37. The molecule has 0 amide bonds. The quantitative estimate of drug-likeness (QED) is 0.612. The Balaban J connectivity index is 2.55. The summed E-state index contributed by atoms with van der Waals surface area (Å²) < 4.78 is 12.9. The van der Waals surface area contributed by atoms with Gasteiger partial charge in [-0.1, -0.05) is 17.7 Å². The average Bonchev–Trinajstić information content (AvgIpc) is 2.24. The molecule has 16 heavy (non-hydrogen) atoms. The third-order valence-corrected chi connectivity index (χ3v) is 2.37. The molecule has 0 aliphatic rings. The Morgan fingerprint density at radius 1 is 1.56 bits per heavy atom. The molecule has 4 heteroatoms. The van der Waals surface area contributed by atoms with Crippen molar-refractivity contribution in [2.45, 2.75) is 6.42 Å². The second-order valence-electron chi connectivity index (χ2n) is 3.37. The predicted molar refractivity (Wildman–Crippen MR) is 63.2 cm³/mol. The first kappa shape index (κ1) is 12.9. The van der Waals surface area contributed by atoms with Gasteiger partial charge in [-0.05, 0) is 23.8 Å². The van der Waals surface area contributed by atoms with Crippen LogP contribution in [0, 0.1) is 5.82 Å². The SMILES string of the molecule is C=CCNCC(=O)Cc1cc(F)ccc1Cl. The van der Waals surface area contributed by atoms with Crippen LogP contribution >= 0.6 is 11.6 Å². The van der Waals surface area contributed by atoms with E-state index in [2.05, 4.69) is 11.9 Å². The van der Waals surface area contributed by atoms with Crippen molar-refractivity contribution in [1.82, 2.24) is 5.32 Å². The molecule has 0 bridgehead atoms. The zero-order valence-corrected chi connectivity index (χ0v) is 9.56. The van der Waals surface area contributed by atoms with Crippen LogP contribution in [0.15, 0.2) is 30.9 Å². The van der Waals surface area contributed by atoms with Crippen LogP contribution in [-0.4, -0.2) is 18.9 Å². The Morgan fingerprint density at radius 2 is 2.31 bits per heavy atom. The van der Waals surface area contributed by atoms with E-state index in [4.69, 9.17) is 11.6 Å². The number of halogens is 2. The second-order valence-corrected chi connectivity index (χ2v) is 3.78. The highest BCUT2D eigenvalue weighted by Crippen LogP contribution is 2.17. The topological polar surface area (TPSA) is 29.1 Å². The number of nitrogens with one attached hydrogen (secondary N) is 1. The molecule has 2 nitrogen and oxygen atoms in total. The molecule has 0 heterocycles. The first-order chi connectivity index (χ1) is 7.63. The van der Waals surface area contributed by atoms with E-state index in [-0.39, 0.29) is 24.6 Å². The molecule has 1 aromatic carbocycles. The van der Waals surface area contributed by atoms with Crippen molar-refractivity contribution < 1.29 is 9.18 Å². The molecule has 1 aromatic rings. The smallest absolute Gasteiger partial charge is 0.151 e. The average molecular weight is 242 g/mol. The molecule has 0 atom stereocenters. The number of hydrogen-bond donors (Lipinski definition) is 1. The normalized spacial score (nSPS) is 10.1. The third-order valence-electron chi connectivity index (χ3n) is 2.01. The highest BCUT2D eigenvalue weighted by atomic mass is 35.5. The van der Waals surface area contributed by atoms with Crippen LogP contribution in [0.3, 0.4) is 0 Å². The van der Waals surface area contributed by atoms with E-state index in [0.717, 1.165) is 0 Å². The Hall–Kier alpha value is -1.19. The van der Waals surface area contributed by atoms with Crippen molar-refractivity contribution in [3.05, 3.63) is 47.3 Å². The van der Waals surface area contributed by atoms with Crippen LogP contribution in [-0.2, 0) is 11.2 Å². The fourth-order valence-corrected chi connectivity index (χ4v) is 1.45. The number of hydrogen-bond acceptors (Lipinski definition) is 2. The molecule has 0 aliphatic carbocycles. The molecule has 0 saturated heterocycles. The van der Waals surface area contributed by atoms with Gasteiger partial charge in [-0.2, -0.15) is 0 Å². The van der Waals surface area contributed by atoms with E-state index in [1.807, 2.05) is 0 Å². The third kappa shape index (κ3) is 4.13. The van der Waals surface area contributed by atoms with Gasteiger partial charge in [-0.3, -0.25) is 4.79 Å². The summed E-state index contributed by atoms with van der Waals surface area (Å²) in [6, 6.07) is 4.01. The lowest BCUT2D eigenvalue weighted by Gasteiger charge is -2.04. The molecular weight excluding hydrogens is 229 g/mol. The molecule has 0 aromatic heterocycles. The summed E-state index contributed by atoms with van der Waals surface area (Å²) in [5.41, 5.74) is 0.520. The standard InChI is InChI=1S/C12H13ClFNO/c1-2-5-15-8-11(16)7-9-6-10(14)3-4-12(9)13/h2-4,6,15H,1,5,7-8H2. The number of carbonyl (C=O) groups excluding carboxylic acids is 1. The van der Waals surface area contributed by atoms with Gasteiger partial charge >= 0.3 is 0 Å². The summed E-state index contributed by atoms with van der Waals surface area (Å²) in [7, 11) is 0. The zero-order chi connectivity index (χ0) is 12.0. The first-order valence-corrected chi connectivity index (χ1v) is 5.28. The first-order valence-electron chi connectivity index (χ1n) is 4.90. The van der Waals surface area contributed by atoms with Crippen LogP contribution in [0.5, 0.6) is 0 Å². The van der Waals surface area contributed by atoms with Gasteiger partial charge in [0.2, 0.25) is 0 Å². The van der Waals surface area contributed by atoms with Crippen molar-refractivity contribution in [2.24, 2.45) is 0 Å². The van der Waals surface area contributed by atoms with Crippen LogP contribution in [0.4, 0.5) is 4.39 Å². The summed E-state index contributed by atoms with van der Waals surface area (Å²) in [5, 5.41) is 3.30. The van der Waals surface area contributed by atoms with Crippen LogP contribution < -0.4 is 5.32 Å². The second kappa shape index (κ2) is 6.40. The molecule has 0 aliphatic heterocycles. The van der Waals surface area contributed by atoms with Crippen molar-refractivity contribution >= 4 is 17.4 Å². The number of Topliss-reactive ketones (excluding diaryl/α,β-unsaturated/α-hetero) is 1. The summed E-state index contributed by atoms with van der Waals surface area (Å²) in [5.74, 6) is -0.416. The van der Waals surface area contributed by atoms with Crippen molar-refractivity contribution in [3.8, 4) is 0 Å². The maximum absolute atomic E-state index is 12.9. The Kier molecular flexibility index (Phi) is 5.15. The van der Waals surface area contributed by atoms with Crippen molar-refractivity contribution in [2.75, 3.05) is 13.1 Å². The van der Waals surface area contributed by atoms with Gasteiger partial charge in [0.1, 0.15) is 5.82 Å². The van der Waals surface area contributed by atoms with E-state index in [1.54, 1.807) is 6.08 Å². The van der Waals surface area contributed by atoms with Gasteiger partial charge < -0.3 is 5.32 Å². The summed E-state index contributed by atoms with van der Waals surface area (Å²) in [6.45, 7) is 4.33. The molecule has 0 radical (unpaired) electrons. The molecule has 86 valence electrons. The molecule has 0 saturated carbocycles. The minimum Gasteiger partial charge on any atom is -0.307 e. The van der Waals surface area contributed by atoms with Gasteiger partial charge in [0, 0.05) is 18.0 Å². The number of benzene rings is 1. The lowest BCUT2D eigenvalue weighted by Crippen LogP contribution is -2.24. The van der Waals surface area contributed by atoms with Crippen molar-refractivity contribution in [1.29, 1.82) is 0 Å². The maximum atomic E-state index is 12.9. The minimum absolute atomic E-state index is 0.0330. The lowest BCUT2D eigenvalue weighted by atomic mass is 10.1. The fourth-order valence-electron chi connectivity index (χ4n) is 1.27. The van der Waals surface area contributed by atoms with E-state index in [0.29, 0.717) is 17.1 Å². The van der Waals surface area contributed by atoms with Gasteiger partial charge in [-0.25, -0.2) is 4.39 Å². The van der Waals surface area contributed by atoms with E-state index < -0.39 is 0 Å². The lowest BCUT2D eigenvalue weighted by molar-refractivity contribution is -0.117. The van der Waals surface area contributed by atoms with Crippen LogP contribution in [0.1, 0.15) is 5.56 Å². The number of ketones is 1. The van der Waals surface area contributed by atoms with E-state index >= 15 is 0 Å². The van der Waals surface area contributed by atoms with Crippen molar-refractivity contribution in [3.63, 3.8) is 0 Å². The highest BCUT2D eigenvalue weighted by Gasteiger charge is 2.07. The van der Waals surface area contributed by atoms with E-state index in [9.17, 15) is 9.18 Å². The molecule has 1 rings (SSSR count). The fraction of sp³-hybridized carbons (Fsp3) is 0.250. The monoisotopic (exact) mass is 241 g/mol. The van der Waals surface area contributed by atoms with Gasteiger partial charge in [0.25, 0.3) is 0 Å². The zero-order valence-electron chi connectivity index (χ0n) is 8.80. The number of carbonyl (C=O) groups is 1. The Labute approximate surface area is 99.1 Å². The highest BCUT2D eigenvalue weighted by molar-refractivity contribution is 6.31. The minimum atomic E-state index is -0.383. The summed E-state index contributed by atoms with van der Waals surface area (Å²) in [6.07, 6.45) is 1.81. The van der Waals surface area contributed by atoms with Crippen LogP contribution in [0.2, 0.25) is 5.02 Å². The summed E-state index contributed by atoms with van der Waals surface area (Å²) in [4.78, 5) is 11.5. The van der Waals surface area contributed by atoms with Gasteiger partial charge in [0.05, 0.1) is 6.54 Å². The Morgan fingerprint density at radius 3 is 3.00 bits per heavy atom. The number of rotatable bonds is 6. The molecular formula is C12H13ClFNO. The van der Waals surface area contributed by atoms with Crippen LogP contribution in [0.25, 0.3) is 0 Å². The molecule has 0 spiro atoms. The molecule has 0 fully saturated rings. The maximum Gasteiger partial charge on any atom is 0.151 e. The molecule has 0 unspecified atom stereocenters. The summed E-state index contributed by atoms with van der Waals surface area (Å²) >= 11 is 5.85. The largest absolute Gasteiger partial charge is 0.307 e. The Bertz CT molecular complexity index is 393.